The summed E-state index contributed by atoms with van der Waals surface area (Å²) in [6.45, 7) is 8.13. The summed E-state index contributed by atoms with van der Waals surface area (Å²) in [5.74, 6) is 0. The summed E-state index contributed by atoms with van der Waals surface area (Å²) in [6.07, 6.45) is 6.60. The van der Waals surface area contributed by atoms with Gasteiger partial charge in [0.15, 0.2) is 0 Å². The minimum absolute atomic E-state index is 0.578. The van der Waals surface area contributed by atoms with E-state index in [0.717, 1.165) is 19.0 Å². The molecule has 0 amide bonds. The van der Waals surface area contributed by atoms with Gasteiger partial charge >= 0.3 is 0 Å². The van der Waals surface area contributed by atoms with E-state index in [1.54, 1.807) is 0 Å². The fourth-order valence-corrected chi connectivity index (χ4v) is 2.90. The minimum atomic E-state index is 0.578. The van der Waals surface area contributed by atoms with Crippen LogP contribution in [0.1, 0.15) is 50.7 Å². The average molecular weight is 245 g/mol. The van der Waals surface area contributed by atoms with Gasteiger partial charge in [-0.05, 0) is 62.1 Å². The SMILES string of the molecule is Cc1ccccc1CCNC1CCC(C)(C)CC1. The molecule has 1 aromatic rings. The standard InChI is InChI=1S/C17H27N/c1-14-6-4-5-7-15(14)10-13-18-16-8-11-17(2,3)12-9-16/h4-7,16,18H,8-13H2,1-3H3. The van der Waals surface area contributed by atoms with Gasteiger partial charge in [0.25, 0.3) is 0 Å². The highest BCUT2D eigenvalue weighted by molar-refractivity contribution is 5.25. The molecule has 0 aromatic heterocycles. The van der Waals surface area contributed by atoms with Crippen LogP contribution in [0.2, 0.25) is 0 Å². The van der Waals surface area contributed by atoms with Crippen LogP contribution in [-0.4, -0.2) is 12.6 Å². The zero-order chi connectivity index (χ0) is 13.0. The largest absolute Gasteiger partial charge is 0.314 e. The number of aryl methyl sites for hydroxylation is 1. The molecule has 0 spiro atoms. The van der Waals surface area contributed by atoms with E-state index < -0.39 is 0 Å². The van der Waals surface area contributed by atoms with Crippen LogP contribution in [0.25, 0.3) is 0 Å². The molecular formula is C17H27N. The molecule has 0 aliphatic heterocycles. The highest BCUT2D eigenvalue weighted by Crippen LogP contribution is 2.34. The van der Waals surface area contributed by atoms with Crippen LogP contribution >= 0.6 is 0 Å². The first kappa shape index (κ1) is 13.6. The molecule has 1 aromatic carbocycles. The van der Waals surface area contributed by atoms with Crippen molar-refractivity contribution in [2.45, 2.75) is 58.9 Å². The van der Waals surface area contributed by atoms with Crippen molar-refractivity contribution in [1.29, 1.82) is 0 Å². The number of hydrogen-bond donors (Lipinski definition) is 1. The van der Waals surface area contributed by atoms with E-state index in [1.165, 1.54) is 36.8 Å². The Balaban J connectivity index is 1.72. The molecule has 0 heterocycles. The van der Waals surface area contributed by atoms with Gasteiger partial charge < -0.3 is 5.32 Å². The normalized spacial score (nSPS) is 19.9. The van der Waals surface area contributed by atoms with E-state index >= 15 is 0 Å². The van der Waals surface area contributed by atoms with Crippen molar-refractivity contribution in [1.82, 2.24) is 5.32 Å². The summed E-state index contributed by atoms with van der Waals surface area (Å²) >= 11 is 0. The van der Waals surface area contributed by atoms with E-state index in [0.29, 0.717) is 5.41 Å². The van der Waals surface area contributed by atoms with E-state index in [4.69, 9.17) is 0 Å². The van der Waals surface area contributed by atoms with Gasteiger partial charge in [-0.1, -0.05) is 38.1 Å². The number of rotatable bonds is 4. The molecule has 0 saturated heterocycles. The van der Waals surface area contributed by atoms with Gasteiger partial charge in [-0.3, -0.25) is 0 Å². The van der Waals surface area contributed by atoms with Gasteiger partial charge in [-0.15, -0.1) is 0 Å². The zero-order valence-electron chi connectivity index (χ0n) is 12.1. The van der Waals surface area contributed by atoms with Gasteiger partial charge in [-0.2, -0.15) is 0 Å². The molecule has 1 heteroatoms. The molecule has 0 bridgehead atoms. The second-order valence-corrected chi connectivity index (χ2v) is 6.57. The van der Waals surface area contributed by atoms with Crippen LogP contribution in [0.3, 0.4) is 0 Å². The van der Waals surface area contributed by atoms with E-state index in [2.05, 4.69) is 50.4 Å². The average Bonchev–Trinajstić information content (AvgIpc) is 2.34. The predicted octanol–water partition coefficient (Wildman–Crippen LogP) is 4.10. The van der Waals surface area contributed by atoms with Crippen molar-refractivity contribution in [3.05, 3.63) is 35.4 Å². The minimum Gasteiger partial charge on any atom is -0.314 e. The lowest BCUT2D eigenvalue weighted by molar-refractivity contribution is 0.207. The quantitative estimate of drug-likeness (QED) is 0.842. The third-order valence-electron chi connectivity index (χ3n) is 4.43. The molecule has 1 nitrogen and oxygen atoms in total. The predicted molar refractivity (Wildman–Crippen MR) is 78.9 cm³/mol. The van der Waals surface area contributed by atoms with Crippen LogP contribution < -0.4 is 5.32 Å². The molecule has 1 fully saturated rings. The van der Waals surface area contributed by atoms with Crippen LogP contribution in [0.5, 0.6) is 0 Å². The van der Waals surface area contributed by atoms with Crippen molar-refractivity contribution < 1.29 is 0 Å². The Morgan fingerprint density at radius 2 is 1.83 bits per heavy atom. The molecule has 100 valence electrons. The summed E-state index contributed by atoms with van der Waals surface area (Å²) in [5, 5.41) is 3.74. The second-order valence-electron chi connectivity index (χ2n) is 6.57. The maximum atomic E-state index is 3.74. The van der Waals surface area contributed by atoms with Gasteiger partial charge in [-0.25, -0.2) is 0 Å². The maximum absolute atomic E-state index is 3.74. The fraction of sp³-hybridized carbons (Fsp3) is 0.647. The summed E-state index contributed by atoms with van der Waals surface area (Å²) in [5.41, 5.74) is 3.49. The first-order valence-corrected chi connectivity index (χ1v) is 7.35. The van der Waals surface area contributed by atoms with Gasteiger partial charge in [0.05, 0.1) is 0 Å². The summed E-state index contributed by atoms with van der Waals surface area (Å²) in [6, 6.07) is 9.47. The third kappa shape index (κ3) is 3.84. The molecule has 1 aliphatic rings. The Morgan fingerprint density at radius 3 is 2.50 bits per heavy atom. The molecule has 1 aliphatic carbocycles. The molecule has 0 atom stereocenters. The maximum Gasteiger partial charge on any atom is 0.00675 e. The lowest BCUT2D eigenvalue weighted by atomic mass is 9.75. The first-order valence-electron chi connectivity index (χ1n) is 7.35. The van der Waals surface area contributed by atoms with Gasteiger partial charge in [0.2, 0.25) is 0 Å². The van der Waals surface area contributed by atoms with E-state index in [-0.39, 0.29) is 0 Å². The highest BCUT2D eigenvalue weighted by Gasteiger charge is 2.26. The Bertz CT molecular complexity index is 371. The molecule has 0 radical (unpaired) electrons. The summed E-state index contributed by atoms with van der Waals surface area (Å²) in [7, 11) is 0. The third-order valence-corrected chi connectivity index (χ3v) is 4.43. The number of benzene rings is 1. The Kier molecular flexibility index (Phi) is 4.45. The van der Waals surface area contributed by atoms with Crippen LogP contribution in [0, 0.1) is 12.3 Å². The first-order chi connectivity index (χ1) is 8.57. The Hall–Kier alpha value is -0.820. The van der Waals surface area contributed by atoms with Crippen molar-refractivity contribution in [2.24, 2.45) is 5.41 Å². The van der Waals surface area contributed by atoms with E-state index in [1.807, 2.05) is 0 Å². The van der Waals surface area contributed by atoms with Crippen LogP contribution in [0.15, 0.2) is 24.3 Å². The van der Waals surface area contributed by atoms with Crippen LogP contribution in [-0.2, 0) is 6.42 Å². The summed E-state index contributed by atoms with van der Waals surface area (Å²) in [4.78, 5) is 0. The lowest BCUT2D eigenvalue weighted by Gasteiger charge is -2.34. The van der Waals surface area contributed by atoms with Crippen molar-refractivity contribution in [3.63, 3.8) is 0 Å². The molecule has 2 rings (SSSR count). The topological polar surface area (TPSA) is 12.0 Å². The lowest BCUT2D eigenvalue weighted by Crippen LogP contribution is -2.36. The van der Waals surface area contributed by atoms with E-state index in [9.17, 15) is 0 Å². The summed E-state index contributed by atoms with van der Waals surface area (Å²) < 4.78 is 0. The highest BCUT2D eigenvalue weighted by atomic mass is 14.9. The van der Waals surface area contributed by atoms with Crippen LogP contribution in [0.4, 0.5) is 0 Å². The van der Waals surface area contributed by atoms with Gasteiger partial charge in [0, 0.05) is 6.04 Å². The Morgan fingerprint density at radius 1 is 1.17 bits per heavy atom. The second kappa shape index (κ2) is 5.88. The van der Waals surface area contributed by atoms with Crippen molar-refractivity contribution in [2.75, 3.05) is 6.54 Å². The molecule has 1 saturated carbocycles. The molecule has 0 unspecified atom stereocenters. The van der Waals surface area contributed by atoms with Crippen molar-refractivity contribution in [3.8, 4) is 0 Å². The molecule has 18 heavy (non-hydrogen) atoms. The molecule has 1 N–H and O–H groups in total. The van der Waals surface area contributed by atoms with Gasteiger partial charge in [0.1, 0.15) is 0 Å². The van der Waals surface area contributed by atoms with Crippen molar-refractivity contribution >= 4 is 0 Å². The number of hydrogen-bond acceptors (Lipinski definition) is 1. The zero-order valence-corrected chi connectivity index (χ0v) is 12.1. The monoisotopic (exact) mass is 245 g/mol. The molecular weight excluding hydrogens is 218 g/mol. The smallest absolute Gasteiger partial charge is 0.00675 e. The Labute approximate surface area is 112 Å². The number of nitrogens with one attached hydrogen (secondary N) is 1. The fourth-order valence-electron chi connectivity index (χ4n) is 2.90.